The third-order valence-corrected chi connectivity index (χ3v) is 3.13. The van der Waals surface area contributed by atoms with Crippen molar-refractivity contribution in [2.45, 2.75) is 6.61 Å². The number of anilines is 2. The zero-order valence-corrected chi connectivity index (χ0v) is 11.7. The summed E-state index contributed by atoms with van der Waals surface area (Å²) in [6.07, 6.45) is 1.81. The van der Waals surface area contributed by atoms with Crippen molar-refractivity contribution >= 4 is 11.4 Å². The maximum Gasteiger partial charge on any atom is 0.167 e. The van der Waals surface area contributed by atoms with Gasteiger partial charge in [0, 0.05) is 23.6 Å². The fourth-order valence-corrected chi connectivity index (χ4v) is 2.00. The molecule has 0 aliphatic rings. The fraction of sp³-hybridized carbons (Fsp3) is 0.0625. The number of nitrogen functional groups attached to an aromatic ring is 2. The largest absolute Gasteiger partial charge is 0.484 e. The molecular formula is C16H15FN4O. The number of ether oxygens (including phenoxy) is 1. The Morgan fingerprint density at radius 2 is 1.73 bits per heavy atom. The molecule has 3 rings (SSSR count). The molecule has 0 saturated heterocycles. The van der Waals surface area contributed by atoms with Gasteiger partial charge in [-0.3, -0.25) is 0 Å². The predicted octanol–water partition coefficient (Wildman–Crippen LogP) is 2.75. The van der Waals surface area contributed by atoms with Crippen molar-refractivity contribution in [2.24, 2.45) is 0 Å². The molecule has 0 aliphatic carbocycles. The van der Waals surface area contributed by atoms with Gasteiger partial charge in [-0.2, -0.15) is 5.10 Å². The van der Waals surface area contributed by atoms with E-state index in [0.717, 1.165) is 5.69 Å². The SMILES string of the molecule is Nc1ccc(-n2ccc(COc3ccc(N)cc3F)n2)cc1. The van der Waals surface area contributed by atoms with Crippen LogP contribution in [0.2, 0.25) is 0 Å². The molecule has 0 fully saturated rings. The van der Waals surface area contributed by atoms with Crippen LogP contribution in [0.1, 0.15) is 5.69 Å². The second-order valence-corrected chi connectivity index (χ2v) is 4.82. The van der Waals surface area contributed by atoms with E-state index in [9.17, 15) is 4.39 Å². The van der Waals surface area contributed by atoms with E-state index in [1.165, 1.54) is 12.1 Å². The molecule has 2 aromatic carbocycles. The fourth-order valence-electron chi connectivity index (χ4n) is 2.00. The standard InChI is InChI=1S/C16H15FN4O/c17-15-9-12(19)3-6-16(15)22-10-13-7-8-21(20-13)14-4-1-11(18)2-5-14/h1-9H,10,18-19H2. The molecule has 1 aromatic heterocycles. The van der Waals surface area contributed by atoms with E-state index in [0.29, 0.717) is 17.1 Å². The first-order chi connectivity index (χ1) is 10.6. The Morgan fingerprint density at radius 3 is 2.45 bits per heavy atom. The zero-order valence-electron chi connectivity index (χ0n) is 11.7. The summed E-state index contributed by atoms with van der Waals surface area (Å²) in [7, 11) is 0. The highest BCUT2D eigenvalue weighted by molar-refractivity contribution is 5.45. The van der Waals surface area contributed by atoms with Crippen molar-refractivity contribution in [3.63, 3.8) is 0 Å². The van der Waals surface area contributed by atoms with Gasteiger partial charge in [0.05, 0.1) is 5.69 Å². The summed E-state index contributed by atoms with van der Waals surface area (Å²) in [4.78, 5) is 0. The number of halogens is 1. The highest BCUT2D eigenvalue weighted by Crippen LogP contribution is 2.20. The molecule has 0 atom stereocenters. The highest BCUT2D eigenvalue weighted by atomic mass is 19.1. The molecule has 5 nitrogen and oxygen atoms in total. The van der Waals surface area contributed by atoms with Crippen molar-refractivity contribution in [1.82, 2.24) is 9.78 Å². The molecule has 0 aliphatic heterocycles. The van der Waals surface area contributed by atoms with E-state index in [-0.39, 0.29) is 12.4 Å². The summed E-state index contributed by atoms with van der Waals surface area (Å²) in [6.45, 7) is 0.169. The number of benzene rings is 2. The molecule has 0 unspecified atom stereocenters. The van der Waals surface area contributed by atoms with Crippen LogP contribution in [0.5, 0.6) is 5.75 Å². The molecule has 22 heavy (non-hydrogen) atoms. The number of nitrogens with zero attached hydrogens (tertiary/aromatic N) is 2. The molecule has 0 amide bonds. The number of aromatic nitrogens is 2. The number of nitrogens with two attached hydrogens (primary N) is 2. The molecule has 4 N–H and O–H groups in total. The van der Waals surface area contributed by atoms with Gasteiger partial charge in [-0.05, 0) is 42.5 Å². The van der Waals surface area contributed by atoms with Crippen LogP contribution in [0.25, 0.3) is 5.69 Å². The van der Waals surface area contributed by atoms with Crippen molar-refractivity contribution in [3.8, 4) is 11.4 Å². The van der Waals surface area contributed by atoms with Crippen molar-refractivity contribution in [2.75, 3.05) is 11.5 Å². The van der Waals surface area contributed by atoms with Gasteiger partial charge < -0.3 is 16.2 Å². The number of rotatable bonds is 4. The lowest BCUT2D eigenvalue weighted by Gasteiger charge is -2.06. The van der Waals surface area contributed by atoms with Gasteiger partial charge in [-0.15, -0.1) is 0 Å². The maximum atomic E-state index is 13.6. The lowest BCUT2D eigenvalue weighted by Crippen LogP contribution is -2.01. The maximum absolute atomic E-state index is 13.6. The van der Waals surface area contributed by atoms with Gasteiger partial charge in [0.15, 0.2) is 11.6 Å². The molecule has 0 saturated carbocycles. The molecule has 6 heteroatoms. The van der Waals surface area contributed by atoms with E-state index in [2.05, 4.69) is 5.10 Å². The second-order valence-electron chi connectivity index (χ2n) is 4.82. The first-order valence-electron chi connectivity index (χ1n) is 6.70. The Hall–Kier alpha value is -3.02. The molecule has 3 aromatic rings. The zero-order chi connectivity index (χ0) is 15.5. The van der Waals surface area contributed by atoms with E-state index < -0.39 is 5.82 Å². The van der Waals surface area contributed by atoms with Gasteiger partial charge in [-0.1, -0.05) is 0 Å². The van der Waals surface area contributed by atoms with Crippen LogP contribution in [0.15, 0.2) is 54.7 Å². The van der Waals surface area contributed by atoms with Crippen LogP contribution in [0.3, 0.4) is 0 Å². The summed E-state index contributed by atoms with van der Waals surface area (Å²) < 4.78 is 20.7. The van der Waals surface area contributed by atoms with Gasteiger partial charge in [0.1, 0.15) is 12.3 Å². The third-order valence-electron chi connectivity index (χ3n) is 3.13. The first-order valence-corrected chi connectivity index (χ1v) is 6.70. The quantitative estimate of drug-likeness (QED) is 0.726. The summed E-state index contributed by atoms with van der Waals surface area (Å²) >= 11 is 0. The van der Waals surface area contributed by atoms with E-state index in [1.54, 1.807) is 22.9 Å². The Morgan fingerprint density at radius 1 is 1.00 bits per heavy atom. The Bertz CT molecular complexity index is 783. The molecule has 0 radical (unpaired) electrons. The first kappa shape index (κ1) is 13.9. The van der Waals surface area contributed by atoms with Gasteiger partial charge in [-0.25, -0.2) is 9.07 Å². The Balaban J connectivity index is 1.70. The van der Waals surface area contributed by atoms with Crippen LogP contribution in [-0.4, -0.2) is 9.78 Å². The van der Waals surface area contributed by atoms with E-state index in [4.69, 9.17) is 16.2 Å². The van der Waals surface area contributed by atoms with Crippen molar-refractivity contribution in [1.29, 1.82) is 0 Å². The average molecular weight is 298 g/mol. The summed E-state index contributed by atoms with van der Waals surface area (Å²) in [6, 6.07) is 13.5. The number of hydrogen-bond donors (Lipinski definition) is 2. The normalized spacial score (nSPS) is 10.6. The summed E-state index contributed by atoms with van der Waals surface area (Å²) in [5.74, 6) is -0.339. The van der Waals surface area contributed by atoms with Crippen LogP contribution < -0.4 is 16.2 Å². The molecule has 112 valence electrons. The van der Waals surface area contributed by atoms with Crippen molar-refractivity contribution < 1.29 is 9.13 Å². The lowest BCUT2D eigenvalue weighted by atomic mass is 10.3. The summed E-state index contributed by atoms with van der Waals surface area (Å²) in [5.41, 5.74) is 13.8. The van der Waals surface area contributed by atoms with Crippen LogP contribution in [0.4, 0.5) is 15.8 Å². The van der Waals surface area contributed by atoms with Gasteiger partial charge >= 0.3 is 0 Å². The van der Waals surface area contributed by atoms with E-state index in [1.807, 2.05) is 24.4 Å². The molecule has 0 spiro atoms. The minimum absolute atomic E-state index is 0.149. The van der Waals surface area contributed by atoms with Crippen molar-refractivity contribution in [3.05, 3.63) is 66.2 Å². The average Bonchev–Trinajstić information content (AvgIpc) is 2.96. The second kappa shape index (κ2) is 5.77. The smallest absolute Gasteiger partial charge is 0.167 e. The van der Waals surface area contributed by atoms with Crippen LogP contribution >= 0.6 is 0 Å². The third kappa shape index (κ3) is 3.01. The minimum atomic E-state index is -0.488. The molecular weight excluding hydrogens is 283 g/mol. The van der Waals surface area contributed by atoms with Gasteiger partial charge in [0.2, 0.25) is 0 Å². The minimum Gasteiger partial charge on any atom is -0.484 e. The van der Waals surface area contributed by atoms with Gasteiger partial charge in [0.25, 0.3) is 0 Å². The van der Waals surface area contributed by atoms with Crippen LogP contribution in [0, 0.1) is 5.82 Å². The summed E-state index contributed by atoms with van der Waals surface area (Å²) in [5, 5.41) is 4.38. The highest BCUT2D eigenvalue weighted by Gasteiger charge is 2.06. The predicted molar refractivity (Wildman–Crippen MR) is 83.1 cm³/mol. The number of hydrogen-bond acceptors (Lipinski definition) is 4. The van der Waals surface area contributed by atoms with Crippen LogP contribution in [-0.2, 0) is 6.61 Å². The lowest BCUT2D eigenvalue weighted by molar-refractivity contribution is 0.285. The Kier molecular flexibility index (Phi) is 3.65. The Labute approximate surface area is 126 Å². The molecule has 0 bridgehead atoms. The monoisotopic (exact) mass is 298 g/mol. The molecule has 1 heterocycles. The topological polar surface area (TPSA) is 79.1 Å². The van der Waals surface area contributed by atoms with E-state index >= 15 is 0 Å².